The molecule has 0 radical (unpaired) electrons. The zero-order valence-corrected chi connectivity index (χ0v) is 17.0. The summed E-state index contributed by atoms with van der Waals surface area (Å²) in [5, 5.41) is 7.41. The van der Waals surface area contributed by atoms with E-state index in [9.17, 15) is 4.79 Å². The highest BCUT2D eigenvalue weighted by molar-refractivity contribution is 6.31. The van der Waals surface area contributed by atoms with Crippen molar-refractivity contribution in [3.8, 4) is 22.8 Å². The predicted molar refractivity (Wildman–Crippen MR) is 116 cm³/mol. The maximum atomic E-state index is 12.4. The van der Waals surface area contributed by atoms with Gasteiger partial charge in [-0.3, -0.25) is 4.79 Å². The molecule has 3 aromatic carbocycles. The molecule has 0 atom stereocenters. The van der Waals surface area contributed by atoms with E-state index in [1.807, 2.05) is 79.7 Å². The highest BCUT2D eigenvalue weighted by Crippen LogP contribution is 2.26. The lowest BCUT2D eigenvalue weighted by Gasteiger charge is -2.08. The van der Waals surface area contributed by atoms with Gasteiger partial charge in [-0.2, -0.15) is 0 Å². The van der Waals surface area contributed by atoms with Crippen LogP contribution >= 0.6 is 11.6 Å². The van der Waals surface area contributed by atoms with Crippen molar-refractivity contribution in [2.24, 2.45) is 0 Å². The summed E-state index contributed by atoms with van der Waals surface area (Å²) in [6, 6.07) is 24.2. The third kappa shape index (κ3) is 4.70. The largest absolute Gasteiger partial charge is 0.457 e. The number of hydrogen-bond acceptors (Lipinski definition) is 4. The normalized spacial score (nSPS) is 10.6. The lowest BCUT2D eigenvalue weighted by molar-refractivity contribution is 0.0942. The van der Waals surface area contributed by atoms with E-state index in [0.717, 1.165) is 22.4 Å². The van der Waals surface area contributed by atoms with Gasteiger partial charge in [0.15, 0.2) is 11.5 Å². The van der Waals surface area contributed by atoms with Crippen molar-refractivity contribution in [3.63, 3.8) is 0 Å². The third-order valence-electron chi connectivity index (χ3n) is 4.54. The number of rotatable bonds is 6. The van der Waals surface area contributed by atoms with Crippen LogP contribution < -0.4 is 10.1 Å². The van der Waals surface area contributed by atoms with Crippen molar-refractivity contribution in [1.29, 1.82) is 0 Å². The van der Waals surface area contributed by atoms with Gasteiger partial charge in [0.05, 0.1) is 0 Å². The van der Waals surface area contributed by atoms with Crippen molar-refractivity contribution >= 4 is 17.5 Å². The van der Waals surface area contributed by atoms with Gasteiger partial charge in [0.1, 0.15) is 11.5 Å². The molecule has 0 aliphatic heterocycles. The lowest BCUT2D eigenvalue weighted by Crippen LogP contribution is -2.22. The Balaban J connectivity index is 1.34. The van der Waals surface area contributed by atoms with Crippen LogP contribution in [0.2, 0.25) is 5.02 Å². The van der Waals surface area contributed by atoms with E-state index in [1.165, 1.54) is 0 Å². The molecule has 0 saturated carbocycles. The monoisotopic (exact) mass is 418 g/mol. The summed E-state index contributed by atoms with van der Waals surface area (Å²) in [4.78, 5) is 12.4. The Morgan fingerprint density at radius 3 is 2.47 bits per heavy atom. The number of benzene rings is 3. The van der Waals surface area contributed by atoms with E-state index in [-0.39, 0.29) is 11.6 Å². The summed E-state index contributed by atoms with van der Waals surface area (Å²) in [7, 11) is 0. The predicted octanol–water partition coefficient (Wildman–Crippen LogP) is 6.03. The molecule has 6 heteroatoms. The van der Waals surface area contributed by atoms with E-state index in [1.54, 1.807) is 6.07 Å². The van der Waals surface area contributed by atoms with Crippen molar-refractivity contribution < 1.29 is 14.1 Å². The summed E-state index contributed by atoms with van der Waals surface area (Å²) in [6.07, 6.45) is 0. The van der Waals surface area contributed by atoms with Gasteiger partial charge in [-0.25, -0.2) is 0 Å². The number of aryl methyl sites for hydroxylation is 1. The van der Waals surface area contributed by atoms with Crippen LogP contribution in [0, 0.1) is 6.92 Å². The van der Waals surface area contributed by atoms with E-state index in [4.69, 9.17) is 20.9 Å². The quantitative estimate of drug-likeness (QED) is 0.415. The minimum atomic E-state index is -0.294. The molecule has 5 nitrogen and oxygen atoms in total. The SMILES string of the molecule is Cc1cc(Oc2ccc(CNC(=O)c3cc(-c4ccccc4)on3)cc2)ccc1Cl. The second-order valence-corrected chi connectivity index (χ2v) is 7.19. The minimum absolute atomic E-state index is 0.243. The third-order valence-corrected chi connectivity index (χ3v) is 4.97. The molecule has 1 amide bonds. The topological polar surface area (TPSA) is 64.4 Å². The number of nitrogens with zero attached hydrogens (tertiary/aromatic N) is 1. The van der Waals surface area contributed by atoms with Crippen molar-refractivity contribution in [2.45, 2.75) is 13.5 Å². The second kappa shape index (κ2) is 8.84. The Morgan fingerprint density at radius 1 is 1.00 bits per heavy atom. The van der Waals surface area contributed by atoms with Gasteiger partial charge in [0.2, 0.25) is 0 Å². The molecule has 0 spiro atoms. The standard InChI is InChI=1S/C24H19ClN2O3/c1-16-13-20(11-12-21(16)25)29-19-9-7-17(8-10-19)15-26-24(28)22-14-23(30-27-22)18-5-3-2-4-6-18/h2-14H,15H2,1H3,(H,26,28). The molecule has 4 rings (SSSR count). The summed E-state index contributed by atoms with van der Waals surface area (Å²) >= 11 is 6.04. The molecule has 0 aliphatic rings. The fraction of sp³-hybridized carbons (Fsp3) is 0.0833. The van der Waals surface area contributed by atoms with Crippen LogP contribution in [-0.2, 0) is 6.54 Å². The molecule has 4 aromatic rings. The molecule has 0 saturated heterocycles. The average Bonchev–Trinajstić information content (AvgIpc) is 3.27. The molecule has 0 fully saturated rings. The molecule has 1 N–H and O–H groups in total. The van der Waals surface area contributed by atoms with Crippen LogP contribution in [0.25, 0.3) is 11.3 Å². The Morgan fingerprint density at radius 2 is 1.73 bits per heavy atom. The molecule has 1 heterocycles. The molecule has 0 aliphatic carbocycles. The number of hydrogen-bond donors (Lipinski definition) is 1. The smallest absolute Gasteiger partial charge is 0.273 e. The average molecular weight is 419 g/mol. The minimum Gasteiger partial charge on any atom is -0.457 e. The number of carbonyl (C=O) groups excluding carboxylic acids is 1. The highest BCUT2D eigenvalue weighted by Gasteiger charge is 2.13. The molecule has 150 valence electrons. The lowest BCUT2D eigenvalue weighted by atomic mass is 10.1. The first-order chi connectivity index (χ1) is 14.6. The van der Waals surface area contributed by atoms with Gasteiger partial charge in [-0.15, -0.1) is 0 Å². The first kappa shape index (κ1) is 19.7. The van der Waals surface area contributed by atoms with Crippen molar-refractivity contribution in [3.05, 3.63) is 101 Å². The fourth-order valence-electron chi connectivity index (χ4n) is 2.89. The van der Waals surface area contributed by atoms with Crippen LogP contribution in [-0.4, -0.2) is 11.1 Å². The van der Waals surface area contributed by atoms with Gasteiger partial charge in [0.25, 0.3) is 5.91 Å². The number of halogens is 1. The highest BCUT2D eigenvalue weighted by atomic mass is 35.5. The van der Waals surface area contributed by atoms with Crippen LogP contribution in [0.1, 0.15) is 21.6 Å². The van der Waals surface area contributed by atoms with Crippen LogP contribution in [0.5, 0.6) is 11.5 Å². The summed E-state index contributed by atoms with van der Waals surface area (Å²) in [5.74, 6) is 1.69. The van der Waals surface area contributed by atoms with Gasteiger partial charge in [-0.05, 0) is 48.4 Å². The second-order valence-electron chi connectivity index (χ2n) is 6.78. The van der Waals surface area contributed by atoms with Gasteiger partial charge >= 0.3 is 0 Å². The number of nitrogens with one attached hydrogen (secondary N) is 1. The number of ether oxygens (including phenoxy) is 1. The fourth-order valence-corrected chi connectivity index (χ4v) is 3.00. The van der Waals surface area contributed by atoms with Crippen molar-refractivity contribution in [2.75, 3.05) is 0 Å². The summed E-state index contributed by atoms with van der Waals surface area (Å²) < 4.78 is 11.1. The van der Waals surface area contributed by atoms with Gasteiger partial charge in [-0.1, -0.05) is 59.2 Å². The van der Waals surface area contributed by atoms with E-state index in [2.05, 4.69) is 10.5 Å². The Kier molecular flexibility index (Phi) is 5.82. The maximum absolute atomic E-state index is 12.4. The van der Waals surface area contributed by atoms with Crippen LogP contribution in [0.15, 0.2) is 83.4 Å². The van der Waals surface area contributed by atoms with E-state index in [0.29, 0.717) is 23.1 Å². The van der Waals surface area contributed by atoms with Crippen LogP contribution in [0.4, 0.5) is 0 Å². The number of amides is 1. The molecule has 1 aromatic heterocycles. The van der Waals surface area contributed by atoms with Gasteiger partial charge in [0, 0.05) is 23.2 Å². The van der Waals surface area contributed by atoms with E-state index >= 15 is 0 Å². The molecular weight excluding hydrogens is 400 g/mol. The first-order valence-electron chi connectivity index (χ1n) is 9.42. The van der Waals surface area contributed by atoms with Crippen molar-refractivity contribution in [1.82, 2.24) is 10.5 Å². The number of carbonyl (C=O) groups is 1. The van der Waals surface area contributed by atoms with Gasteiger partial charge < -0.3 is 14.6 Å². The Bertz CT molecular complexity index is 1150. The first-order valence-corrected chi connectivity index (χ1v) is 9.79. The Labute approximate surface area is 179 Å². The molecule has 0 bridgehead atoms. The maximum Gasteiger partial charge on any atom is 0.273 e. The summed E-state index contributed by atoms with van der Waals surface area (Å²) in [5.41, 5.74) is 3.01. The Hall–Kier alpha value is -3.57. The summed E-state index contributed by atoms with van der Waals surface area (Å²) in [6.45, 7) is 2.30. The molecule has 0 unspecified atom stereocenters. The molecule has 30 heavy (non-hydrogen) atoms. The molecular formula is C24H19ClN2O3. The van der Waals surface area contributed by atoms with E-state index < -0.39 is 0 Å². The number of aromatic nitrogens is 1. The zero-order chi connectivity index (χ0) is 20.9. The van der Waals surface area contributed by atoms with Crippen LogP contribution in [0.3, 0.4) is 0 Å². The zero-order valence-electron chi connectivity index (χ0n) is 16.3.